The van der Waals surface area contributed by atoms with Gasteiger partial charge in [0.2, 0.25) is 0 Å². The van der Waals surface area contributed by atoms with Crippen molar-refractivity contribution >= 4 is 29.5 Å². The van der Waals surface area contributed by atoms with Gasteiger partial charge in [0.1, 0.15) is 17.0 Å². The zero-order valence-electron chi connectivity index (χ0n) is 37.5. The average molecular weight is 851 g/mol. The average Bonchev–Trinajstić information content (AvgIpc) is 3.28. The van der Waals surface area contributed by atoms with Gasteiger partial charge in [0.15, 0.2) is 0 Å². The summed E-state index contributed by atoms with van der Waals surface area (Å²) in [5.74, 6) is -1.75. The van der Waals surface area contributed by atoms with Crippen molar-refractivity contribution in [3.05, 3.63) is 167 Å². The van der Waals surface area contributed by atoms with Gasteiger partial charge in [-0.1, -0.05) is 132 Å². The van der Waals surface area contributed by atoms with E-state index < -0.39 is 29.2 Å². The number of aryl methyl sites for hydroxylation is 2. The number of hydrogen-bond acceptors (Lipinski definition) is 8. The monoisotopic (exact) mass is 850 g/mol. The third kappa shape index (κ3) is 12.3. The molecule has 2 heterocycles. The van der Waals surface area contributed by atoms with E-state index in [1.807, 2.05) is 123 Å². The van der Waals surface area contributed by atoms with E-state index in [1.165, 1.54) is 11.1 Å². The Morgan fingerprint density at radius 2 is 1.38 bits per heavy atom. The maximum absolute atomic E-state index is 13.7. The van der Waals surface area contributed by atoms with E-state index in [2.05, 4.69) is 48.4 Å². The fourth-order valence-corrected chi connectivity index (χ4v) is 9.78. The minimum atomic E-state index is -0.798. The van der Waals surface area contributed by atoms with Crippen molar-refractivity contribution in [1.29, 1.82) is 0 Å². The molecule has 6 atom stereocenters. The Bertz CT molecular complexity index is 2230. The second-order valence-electron chi connectivity index (χ2n) is 17.3. The smallest absolute Gasteiger partial charge is 0.338 e. The van der Waals surface area contributed by atoms with Crippen LogP contribution in [0.5, 0.6) is 0 Å². The lowest BCUT2D eigenvalue weighted by Gasteiger charge is -2.44. The number of nitrogens with zero attached hydrogens (tertiary/aromatic N) is 1. The molecule has 3 N–H and O–H groups in total. The van der Waals surface area contributed by atoms with Crippen LogP contribution in [0.4, 0.5) is 11.4 Å². The predicted octanol–water partition coefficient (Wildman–Crippen LogP) is 12.6. The first kappa shape index (κ1) is 46.8. The molecule has 63 heavy (non-hydrogen) atoms. The van der Waals surface area contributed by atoms with Crippen molar-refractivity contribution in [2.24, 2.45) is 10.9 Å². The molecular formula is C55H66N2O6. The molecule has 8 nitrogen and oxygen atoms in total. The molecule has 2 aliphatic heterocycles. The first-order valence-corrected chi connectivity index (χ1v) is 23.1. The summed E-state index contributed by atoms with van der Waals surface area (Å²) in [5, 5.41) is 26.3. The topological polar surface area (TPSA) is 117 Å². The van der Waals surface area contributed by atoms with Crippen LogP contribution in [0.15, 0.2) is 150 Å². The number of benzene rings is 4. The maximum Gasteiger partial charge on any atom is 0.338 e. The number of carbonyl (C=O) groups excluding carboxylic acids is 2. The van der Waals surface area contributed by atoms with Crippen LogP contribution in [0, 0.1) is 5.92 Å². The Morgan fingerprint density at radius 1 is 0.730 bits per heavy atom. The summed E-state index contributed by atoms with van der Waals surface area (Å²) in [6, 6.07) is 36.2. The Kier molecular flexibility index (Phi) is 16.8. The lowest BCUT2D eigenvalue weighted by molar-refractivity contribution is -0.191. The highest BCUT2D eigenvalue weighted by Crippen LogP contribution is 2.44. The summed E-state index contributed by atoms with van der Waals surface area (Å²) >= 11 is 0. The molecule has 8 heteroatoms. The highest BCUT2D eigenvalue weighted by molar-refractivity contribution is 5.92. The van der Waals surface area contributed by atoms with Crippen LogP contribution >= 0.6 is 0 Å². The van der Waals surface area contributed by atoms with Crippen molar-refractivity contribution < 1.29 is 29.3 Å². The van der Waals surface area contributed by atoms with E-state index in [-0.39, 0.29) is 23.6 Å². The molecule has 2 aliphatic rings. The van der Waals surface area contributed by atoms with Gasteiger partial charge >= 0.3 is 11.9 Å². The van der Waals surface area contributed by atoms with Crippen LogP contribution in [0.2, 0.25) is 0 Å². The van der Waals surface area contributed by atoms with Crippen LogP contribution in [0.25, 0.3) is 0 Å². The Hall–Kier alpha value is -5.73. The van der Waals surface area contributed by atoms with Gasteiger partial charge in [0.25, 0.3) is 0 Å². The number of cyclic esters (lactones) is 2. The Morgan fingerprint density at radius 3 is 2.02 bits per heavy atom. The Labute approximate surface area is 374 Å². The van der Waals surface area contributed by atoms with E-state index in [0.717, 1.165) is 54.6 Å². The minimum absolute atomic E-state index is 0.137. The third-order valence-electron chi connectivity index (χ3n) is 12.8. The highest BCUT2D eigenvalue weighted by Gasteiger charge is 2.49. The highest BCUT2D eigenvalue weighted by atomic mass is 16.6. The van der Waals surface area contributed by atoms with Crippen molar-refractivity contribution in [2.75, 3.05) is 5.32 Å². The van der Waals surface area contributed by atoms with Crippen molar-refractivity contribution in [3.63, 3.8) is 0 Å². The second-order valence-corrected chi connectivity index (χ2v) is 17.3. The second kappa shape index (κ2) is 22.6. The molecule has 1 fully saturated rings. The van der Waals surface area contributed by atoms with Gasteiger partial charge < -0.3 is 25.0 Å². The van der Waals surface area contributed by atoms with Crippen molar-refractivity contribution in [3.8, 4) is 0 Å². The molecule has 0 radical (unpaired) electrons. The lowest BCUT2D eigenvalue weighted by Crippen LogP contribution is -2.51. The first-order chi connectivity index (χ1) is 30.6. The maximum atomic E-state index is 13.7. The quantitative estimate of drug-likeness (QED) is 0.0434. The number of aliphatic imine (C=N–C) groups is 1. The van der Waals surface area contributed by atoms with Crippen LogP contribution in [0.3, 0.4) is 0 Å². The number of ether oxygens (including phenoxy) is 2. The van der Waals surface area contributed by atoms with E-state index in [1.54, 1.807) is 6.21 Å². The summed E-state index contributed by atoms with van der Waals surface area (Å²) < 4.78 is 12.6. The summed E-state index contributed by atoms with van der Waals surface area (Å²) in [6.45, 7) is 8.25. The minimum Gasteiger partial charge on any atom is -0.512 e. The Balaban J connectivity index is 1.05. The number of nitrogens with one attached hydrogen (secondary N) is 1. The van der Waals surface area contributed by atoms with E-state index in [4.69, 9.17) is 9.47 Å². The largest absolute Gasteiger partial charge is 0.512 e. The van der Waals surface area contributed by atoms with E-state index in [0.29, 0.717) is 50.5 Å². The number of rotatable bonds is 21. The molecule has 0 spiro atoms. The molecule has 0 aliphatic carbocycles. The molecule has 6 rings (SSSR count). The molecule has 0 amide bonds. The number of anilines is 1. The number of esters is 2. The molecule has 332 valence electrons. The van der Waals surface area contributed by atoms with Gasteiger partial charge in [0, 0.05) is 36.9 Å². The molecule has 0 bridgehead atoms. The van der Waals surface area contributed by atoms with Gasteiger partial charge in [0.05, 0.1) is 23.3 Å². The fraction of sp³-hybridized carbons (Fsp3) is 0.400. The number of aliphatic hydroxyl groups is 2. The first-order valence-electron chi connectivity index (χ1n) is 23.1. The zero-order valence-corrected chi connectivity index (χ0v) is 37.5. The molecular weight excluding hydrogens is 785 g/mol. The predicted molar refractivity (Wildman–Crippen MR) is 254 cm³/mol. The summed E-state index contributed by atoms with van der Waals surface area (Å²) in [5.41, 5.74) is 4.85. The number of allylic oxidation sites excluding steroid dienone is 3. The zero-order chi connectivity index (χ0) is 44.7. The van der Waals surface area contributed by atoms with Gasteiger partial charge in [-0.3, -0.25) is 9.79 Å². The normalized spacial score (nSPS) is 22.7. The van der Waals surface area contributed by atoms with E-state index >= 15 is 0 Å². The lowest BCUT2D eigenvalue weighted by atomic mass is 9.73. The molecule has 1 saturated heterocycles. The van der Waals surface area contributed by atoms with Crippen LogP contribution in [-0.4, -0.2) is 45.7 Å². The number of hydrogen-bond donors (Lipinski definition) is 3. The standard InChI is InChI=1S/C55H66N2O6/c1-5-30-54(32-28-40-20-12-9-13-21-40)38-48(58)50(52(60)62-54)46(7-3)42-24-18-26-44(36-42)56-34-16-11-17-35-57-45-27-19-25-43(37-45)47(8-4)51-49(59)39-55(31-6-2,63-53(51)61)33-29-41-22-14-10-15-23-41/h9-27,34-37,46-48,50,57-59H,5-8,28-33,38-39H2,1-4H3/b16-11+,35-17+,56-34?/t46-,47-,48?,50?,54-,55-/m1/s1. The van der Waals surface area contributed by atoms with Crippen molar-refractivity contribution in [1.82, 2.24) is 0 Å². The molecule has 2 unspecified atom stereocenters. The fourth-order valence-electron chi connectivity index (χ4n) is 9.78. The van der Waals surface area contributed by atoms with Crippen LogP contribution in [-0.2, 0) is 31.9 Å². The SMILES string of the molecule is CCC[C@@]1(CCc2ccccc2)CC(O)=C([C@H](CC)c2cccc(N/C=C/C=C/C=Nc3cccc([C@@H](CC)C4C(=O)O[C@](CCC)(CCc5ccccc5)CC4O)c3)c2)C(=O)O1. The van der Waals surface area contributed by atoms with Gasteiger partial charge in [-0.25, -0.2) is 4.79 Å². The van der Waals surface area contributed by atoms with Crippen LogP contribution in [0.1, 0.15) is 126 Å². The molecule has 0 aromatic heterocycles. The number of carbonyl (C=O) groups is 2. The van der Waals surface area contributed by atoms with Crippen LogP contribution < -0.4 is 5.32 Å². The molecule has 4 aromatic rings. The van der Waals surface area contributed by atoms with Crippen molar-refractivity contribution in [2.45, 2.75) is 134 Å². The summed E-state index contributed by atoms with van der Waals surface area (Å²) in [6.07, 6.45) is 16.5. The van der Waals surface area contributed by atoms with E-state index in [9.17, 15) is 19.8 Å². The summed E-state index contributed by atoms with van der Waals surface area (Å²) in [4.78, 5) is 32.1. The molecule has 4 aromatic carbocycles. The molecule has 0 saturated carbocycles. The van der Waals surface area contributed by atoms with Gasteiger partial charge in [-0.05, 0) is 116 Å². The van der Waals surface area contributed by atoms with Gasteiger partial charge in [-0.15, -0.1) is 0 Å². The van der Waals surface area contributed by atoms with Gasteiger partial charge in [-0.2, -0.15) is 0 Å². The number of aliphatic hydroxyl groups excluding tert-OH is 2. The third-order valence-corrected chi connectivity index (χ3v) is 12.8. The summed E-state index contributed by atoms with van der Waals surface area (Å²) in [7, 11) is 0.